The molecule has 0 fully saturated rings. The van der Waals surface area contributed by atoms with Crippen molar-refractivity contribution in [1.29, 1.82) is 0 Å². The Morgan fingerprint density at radius 3 is 2.29 bits per heavy atom. The quantitative estimate of drug-likeness (QED) is 0.816. The molecule has 0 aromatic heterocycles. The number of benzene rings is 2. The lowest BCUT2D eigenvalue weighted by atomic mass is 9.86. The first-order valence-corrected chi connectivity index (χ1v) is 7.87. The van der Waals surface area contributed by atoms with E-state index in [9.17, 15) is 4.39 Å². The maximum Gasteiger partial charge on any atom is 0.142 e. The van der Waals surface area contributed by atoms with Crippen molar-refractivity contribution >= 4 is 15.9 Å². The van der Waals surface area contributed by atoms with Gasteiger partial charge in [0.1, 0.15) is 5.82 Å². The molecular formula is C18H21BrFN. The van der Waals surface area contributed by atoms with Gasteiger partial charge in [-0.25, -0.2) is 4.39 Å². The molecule has 1 nitrogen and oxygen atoms in total. The fraction of sp³-hybridized carbons (Fsp3) is 0.333. The number of hydrogen-bond donors (Lipinski definition) is 1. The SMILES string of the molecule is CC(C)(C)c1ccc(CC(N)c2cccc(Br)c2F)cc1. The maximum absolute atomic E-state index is 14.0. The third kappa shape index (κ3) is 3.92. The Morgan fingerprint density at radius 1 is 1.10 bits per heavy atom. The molecule has 1 unspecified atom stereocenters. The van der Waals surface area contributed by atoms with Gasteiger partial charge in [0.05, 0.1) is 4.47 Å². The van der Waals surface area contributed by atoms with E-state index in [4.69, 9.17) is 5.73 Å². The Labute approximate surface area is 134 Å². The van der Waals surface area contributed by atoms with Gasteiger partial charge >= 0.3 is 0 Å². The molecule has 0 aliphatic rings. The Bertz CT molecular complexity index is 614. The summed E-state index contributed by atoms with van der Waals surface area (Å²) in [5.74, 6) is -0.267. The van der Waals surface area contributed by atoms with Crippen LogP contribution in [0.5, 0.6) is 0 Å². The highest BCUT2D eigenvalue weighted by atomic mass is 79.9. The monoisotopic (exact) mass is 349 g/mol. The van der Waals surface area contributed by atoms with Crippen LogP contribution in [0.4, 0.5) is 4.39 Å². The molecule has 2 aromatic rings. The predicted octanol–water partition coefficient (Wildman–Crippen LogP) is 5.13. The molecule has 0 radical (unpaired) electrons. The van der Waals surface area contributed by atoms with Gasteiger partial charge in [-0.05, 0) is 45.0 Å². The number of nitrogens with two attached hydrogens (primary N) is 1. The van der Waals surface area contributed by atoms with Crippen LogP contribution in [0.15, 0.2) is 46.9 Å². The first-order valence-electron chi connectivity index (χ1n) is 7.08. The summed E-state index contributed by atoms with van der Waals surface area (Å²) in [5, 5.41) is 0. The lowest BCUT2D eigenvalue weighted by Crippen LogP contribution is -2.16. The maximum atomic E-state index is 14.0. The van der Waals surface area contributed by atoms with Crippen molar-refractivity contribution in [2.24, 2.45) is 5.73 Å². The topological polar surface area (TPSA) is 26.0 Å². The summed E-state index contributed by atoms with van der Waals surface area (Å²) in [4.78, 5) is 0. The average Bonchev–Trinajstić information content (AvgIpc) is 2.41. The van der Waals surface area contributed by atoms with Crippen LogP contribution in [0, 0.1) is 5.82 Å². The van der Waals surface area contributed by atoms with Crippen molar-refractivity contribution in [3.05, 3.63) is 69.4 Å². The second-order valence-corrected chi connectivity index (χ2v) is 7.25. The van der Waals surface area contributed by atoms with E-state index in [-0.39, 0.29) is 17.3 Å². The molecule has 3 heteroatoms. The van der Waals surface area contributed by atoms with Crippen molar-refractivity contribution in [2.75, 3.05) is 0 Å². The summed E-state index contributed by atoms with van der Waals surface area (Å²) in [6, 6.07) is 13.3. The van der Waals surface area contributed by atoms with Crippen molar-refractivity contribution in [2.45, 2.75) is 38.6 Å². The third-order valence-electron chi connectivity index (χ3n) is 3.66. The van der Waals surface area contributed by atoms with Crippen LogP contribution in [-0.2, 0) is 11.8 Å². The summed E-state index contributed by atoms with van der Waals surface area (Å²) >= 11 is 3.20. The van der Waals surface area contributed by atoms with Crippen molar-refractivity contribution in [3.63, 3.8) is 0 Å². The molecule has 0 spiro atoms. The first kappa shape index (κ1) is 16.2. The van der Waals surface area contributed by atoms with Crippen molar-refractivity contribution in [1.82, 2.24) is 0 Å². The largest absolute Gasteiger partial charge is 0.324 e. The third-order valence-corrected chi connectivity index (χ3v) is 4.27. The molecule has 0 aliphatic carbocycles. The minimum absolute atomic E-state index is 0.136. The normalized spacial score (nSPS) is 13.2. The Balaban J connectivity index is 2.16. The summed E-state index contributed by atoms with van der Waals surface area (Å²) in [7, 11) is 0. The lowest BCUT2D eigenvalue weighted by Gasteiger charge is -2.20. The molecule has 0 heterocycles. The Morgan fingerprint density at radius 2 is 1.71 bits per heavy atom. The molecule has 2 N–H and O–H groups in total. The van der Waals surface area contributed by atoms with Crippen LogP contribution in [0.1, 0.15) is 43.5 Å². The zero-order valence-corrected chi connectivity index (χ0v) is 14.2. The van der Waals surface area contributed by atoms with Crippen LogP contribution in [0.3, 0.4) is 0 Å². The van der Waals surface area contributed by atoms with E-state index in [1.807, 2.05) is 6.07 Å². The molecule has 0 saturated heterocycles. The van der Waals surface area contributed by atoms with Crippen molar-refractivity contribution in [3.8, 4) is 0 Å². The van der Waals surface area contributed by atoms with Gasteiger partial charge in [0.2, 0.25) is 0 Å². The standard InChI is InChI=1S/C18H21BrFN/c1-18(2,3)13-9-7-12(8-10-13)11-16(21)14-5-4-6-15(19)17(14)20/h4-10,16H,11,21H2,1-3H3. The smallest absolute Gasteiger partial charge is 0.142 e. The van der Waals surface area contributed by atoms with E-state index >= 15 is 0 Å². The summed E-state index contributed by atoms with van der Waals surface area (Å²) in [5.41, 5.74) is 9.25. The first-order chi connectivity index (χ1) is 9.79. The van der Waals surface area contributed by atoms with E-state index in [1.165, 1.54) is 5.56 Å². The highest BCUT2D eigenvalue weighted by Crippen LogP contribution is 2.26. The Hall–Kier alpha value is -1.19. The summed E-state index contributed by atoms with van der Waals surface area (Å²) in [6.45, 7) is 6.56. The second kappa shape index (κ2) is 6.29. The number of rotatable bonds is 3. The summed E-state index contributed by atoms with van der Waals surface area (Å²) < 4.78 is 14.5. The molecule has 0 saturated carbocycles. The van der Waals surface area contributed by atoms with Crippen molar-refractivity contribution < 1.29 is 4.39 Å². The van der Waals surface area contributed by atoms with Gasteiger partial charge in [0.15, 0.2) is 0 Å². The molecule has 0 amide bonds. The van der Waals surface area contributed by atoms with Gasteiger partial charge < -0.3 is 5.73 Å². The average molecular weight is 350 g/mol. The number of halogens is 2. The lowest BCUT2D eigenvalue weighted by molar-refractivity contribution is 0.574. The molecular weight excluding hydrogens is 329 g/mol. The fourth-order valence-electron chi connectivity index (χ4n) is 2.31. The van der Waals surface area contributed by atoms with Crippen LogP contribution in [0.2, 0.25) is 0 Å². The van der Waals surface area contributed by atoms with E-state index in [0.29, 0.717) is 16.5 Å². The van der Waals surface area contributed by atoms with E-state index < -0.39 is 0 Å². The molecule has 112 valence electrons. The zero-order chi connectivity index (χ0) is 15.6. The van der Waals surface area contributed by atoms with Gasteiger partial charge in [0, 0.05) is 11.6 Å². The van der Waals surface area contributed by atoms with Gasteiger partial charge in [-0.3, -0.25) is 0 Å². The van der Waals surface area contributed by atoms with Crippen LogP contribution >= 0.6 is 15.9 Å². The predicted molar refractivity (Wildman–Crippen MR) is 89.9 cm³/mol. The molecule has 2 rings (SSSR count). The van der Waals surface area contributed by atoms with Gasteiger partial charge in [-0.1, -0.05) is 57.2 Å². The highest BCUT2D eigenvalue weighted by molar-refractivity contribution is 9.10. The number of hydrogen-bond acceptors (Lipinski definition) is 1. The van der Waals surface area contributed by atoms with E-state index in [2.05, 4.69) is 61.0 Å². The fourth-order valence-corrected chi connectivity index (χ4v) is 2.69. The minimum Gasteiger partial charge on any atom is -0.324 e. The molecule has 21 heavy (non-hydrogen) atoms. The van der Waals surface area contributed by atoms with Crippen LogP contribution in [0.25, 0.3) is 0 Å². The van der Waals surface area contributed by atoms with Gasteiger partial charge in [-0.15, -0.1) is 0 Å². The molecule has 0 aliphatic heterocycles. The second-order valence-electron chi connectivity index (χ2n) is 6.40. The minimum atomic E-state index is -0.344. The van der Waals surface area contributed by atoms with Crippen LogP contribution < -0.4 is 5.73 Å². The van der Waals surface area contributed by atoms with Gasteiger partial charge in [0.25, 0.3) is 0 Å². The Kier molecular flexibility index (Phi) is 4.84. The molecule has 0 bridgehead atoms. The van der Waals surface area contributed by atoms with E-state index in [0.717, 1.165) is 5.56 Å². The van der Waals surface area contributed by atoms with Crippen LogP contribution in [-0.4, -0.2) is 0 Å². The summed E-state index contributed by atoms with van der Waals surface area (Å²) in [6.07, 6.45) is 0.623. The van der Waals surface area contributed by atoms with E-state index in [1.54, 1.807) is 12.1 Å². The molecule has 1 atom stereocenters. The van der Waals surface area contributed by atoms with Gasteiger partial charge in [-0.2, -0.15) is 0 Å². The zero-order valence-electron chi connectivity index (χ0n) is 12.7. The molecule has 2 aromatic carbocycles. The highest BCUT2D eigenvalue weighted by Gasteiger charge is 2.16.